The molecule has 2 rings (SSSR count). The van der Waals surface area contributed by atoms with Gasteiger partial charge in [-0.3, -0.25) is 9.20 Å². The van der Waals surface area contributed by atoms with Crippen LogP contribution in [-0.2, 0) is 17.2 Å². The lowest BCUT2D eigenvalue weighted by molar-refractivity contribution is 0.376. The third kappa shape index (κ3) is 5.89. The van der Waals surface area contributed by atoms with Crippen molar-refractivity contribution in [2.45, 2.75) is 64.2 Å². The van der Waals surface area contributed by atoms with Crippen molar-refractivity contribution in [1.82, 2.24) is 20.8 Å². The zero-order valence-electron chi connectivity index (χ0n) is 14.9. The summed E-state index contributed by atoms with van der Waals surface area (Å²) in [5.74, 6) is 2.82. The predicted octanol–water partition coefficient (Wildman–Crippen LogP) is 1.56. The molecular formula is C16H29N5O2S. The highest BCUT2D eigenvalue weighted by atomic mass is 32.2. The van der Waals surface area contributed by atoms with Crippen LogP contribution in [0.4, 0.5) is 0 Å². The van der Waals surface area contributed by atoms with Crippen LogP contribution in [0, 0.1) is 6.92 Å². The maximum Gasteiger partial charge on any atom is 0.228 e. The Kier molecular flexibility index (Phi) is 7.68. The number of guanidine groups is 1. The van der Waals surface area contributed by atoms with Gasteiger partial charge in [0.1, 0.15) is 0 Å². The molecule has 0 aromatic carbocycles. The van der Waals surface area contributed by atoms with Crippen molar-refractivity contribution in [2.75, 3.05) is 18.8 Å². The molecule has 0 saturated heterocycles. The van der Waals surface area contributed by atoms with Crippen molar-refractivity contribution < 1.29 is 8.73 Å². The molecule has 7 nitrogen and oxygen atoms in total. The van der Waals surface area contributed by atoms with Gasteiger partial charge in [-0.1, -0.05) is 18.5 Å². The summed E-state index contributed by atoms with van der Waals surface area (Å²) in [6, 6.07) is 0.336. The van der Waals surface area contributed by atoms with Crippen LogP contribution in [0.3, 0.4) is 0 Å². The van der Waals surface area contributed by atoms with Gasteiger partial charge >= 0.3 is 0 Å². The molecule has 8 heteroatoms. The third-order valence-corrected chi connectivity index (χ3v) is 5.87. The van der Waals surface area contributed by atoms with Gasteiger partial charge in [-0.15, -0.1) is 0 Å². The van der Waals surface area contributed by atoms with Crippen molar-refractivity contribution >= 4 is 16.8 Å². The number of aryl methyl sites for hydroxylation is 1. The summed E-state index contributed by atoms with van der Waals surface area (Å²) in [6.07, 6.45) is 4.88. The number of rotatable bonds is 7. The number of aromatic nitrogens is 2. The number of aliphatic imine (C=N–C) groups is 1. The Balaban J connectivity index is 1.87. The van der Waals surface area contributed by atoms with Crippen LogP contribution >= 0.6 is 0 Å². The van der Waals surface area contributed by atoms with E-state index in [-0.39, 0.29) is 0 Å². The molecule has 1 aromatic rings. The van der Waals surface area contributed by atoms with Crippen LogP contribution in [-0.4, -0.2) is 50.4 Å². The van der Waals surface area contributed by atoms with Gasteiger partial charge in [0.05, 0.1) is 6.54 Å². The molecule has 24 heavy (non-hydrogen) atoms. The van der Waals surface area contributed by atoms with Gasteiger partial charge in [-0.05, 0) is 33.1 Å². The fourth-order valence-electron chi connectivity index (χ4n) is 2.97. The standard InChI is InChI=1S/C16H29N5O2S/c1-4-17-16(18-10-9-15-19-12(3)21-23-15)20-13-7-6-8-14(11-13)24(22)5-2/h13-14H,4-11H2,1-3H3,(H2,17,18,20). The Bertz CT molecular complexity index is 560. The molecule has 0 spiro atoms. The summed E-state index contributed by atoms with van der Waals surface area (Å²) < 4.78 is 17.2. The van der Waals surface area contributed by atoms with Gasteiger partial charge in [0.25, 0.3) is 0 Å². The Morgan fingerprint density at radius 1 is 1.42 bits per heavy atom. The second-order valence-electron chi connectivity index (χ2n) is 6.05. The molecule has 1 aliphatic rings. The van der Waals surface area contributed by atoms with Crippen molar-refractivity contribution in [1.29, 1.82) is 0 Å². The fraction of sp³-hybridized carbons (Fsp3) is 0.812. The monoisotopic (exact) mass is 355 g/mol. The Morgan fingerprint density at radius 2 is 2.25 bits per heavy atom. The molecule has 136 valence electrons. The van der Waals surface area contributed by atoms with Crippen LogP contribution in [0.2, 0.25) is 0 Å². The number of nitrogens with zero attached hydrogens (tertiary/aromatic N) is 3. The van der Waals surface area contributed by atoms with E-state index < -0.39 is 10.8 Å². The molecule has 2 N–H and O–H groups in total. The molecule has 0 radical (unpaired) electrons. The van der Waals surface area contributed by atoms with Gasteiger partial charge in [0.15, 0.2) is 11.8 Å². The second kappa shape index (κ2) is 9.76. The molecule has 0 amide bonds. The Hall–Kier alpha value is -1.44. The molecule has 1 heterocycles. The van der Waals surface area contributed by atoms with Crippen molar-refractivity contribution in [3.63, 3.8) is 0 Å². The van der Waals surface area contributed by atoms with E-state index in [0.29, 0.717) is 36.0 Å². The van der Waals surface area contributed by atoms with Gasteiger partial charge in [-0.2, -0.15) is 4.98 Å². The first-order valence-electron chi connectivity index (χ1n) is 8.83. The smallest absolute Gasteiger partial charge is 0.228 e. The highest BCUT2D eigenvalue weighted by Gasteiger charge is 2.26. The first-order chi connectivity index (χ1) is 11.6. The minimum atomic E-state index is -0.709. The number of nitrogens with one attached hydrogen (secondary N) is 2. The van der Waals surface area contributed by atoms with Crippen LogP contribution in [0.1, 0.15) is 51.2 Å². The maximum absolute atomic E-state index is 12.1. The summed E-state index contributed by atoms with van der Waals surface area (Å²) in [4.78, 5) is 8.78. The second-order valence-corrected chi connectivity index (χ2v) is 8.05. The van der Waals surface area contributed by atoms with E-state index >= 15 is 0 Å². The minimum Gasteiger partial charge on any atom is -0.357 e. The average Bonchev–Trinajstić information content (AvgIpc) is 3.00. The van der Waals surface area contributed by atoms with Gasteiger partial charge in [0, 0.05) is 40.8 Å². The lowest BCUT2D eigenvalue weighted by Gasteiger charge is -2.30. The zero-order chi connectivity index (χ0) is 17.4. The zero-order valence-corrected chi connectivity index (χ0v) is 15.7. The molecule has 3 unspecified atom stereocenters. The fourth-order valence-corrected chi connectivity index (χ4v) is 4.32. The normalized spacial score (nSPS) is 23.0. The van der Waals surface area contributed by atoms with Gasteiger partial charge < -0.3 is 15.2 Å². The lowest BCUT2D eigenvalue weighted by atomic mass is 9.95. The molecule has 1 saturated carbocycles. The van der Waals surface area contributed by atoms with E-state index in [1.165, 1.54) is 0 Å². The first kappa shape index (κ1) is 18.9. The van der Waals surface area contributed by atoms with Gasteiger partial charge in [0.2, 0.25) is 5.89 Å². The van der Waals surface area contributed by atoms with Crippen molar-refractivity contribution in [2.24, 2.45) is 4.99 Å². The topological polar surface area (TPSA) is 92.4 Å². The summed E-state index contributed by atoms with van der Waals surface area (Å²) in [6.45, 7) is 7.25. The quantitative estimate of drug-likeness (QED) is 0.569. The maximum atomic E-state index is 12.1. The van der Waals surface area contributed by atoms with Crippen LogP contribution in [0.25, 0.3) is 0 Å². The Morgan fingerprint density at radius 3 is 2.92 bits per heavy atom. The molecule has 0 aliphatic heterocycles. The van der Waals surface area contributed by atoms with Crippen LogP contribution < -0.4 is 10.6 Å². The van der Waals surface area contributed by atoms with E-state index in [2.05, 4.69) is 25.8 Å². The predicted molar refractivity (Wildman–Crippen MR) is 96.6 cm³/mol. The summed E-state index contributed by atoms with van der Waals surface area (Å²) in [5, 5.41) is 10.9. The molecule has 1 aromatic heterocycles. The average molecular weight is 356 g/mol. The molecule has 0 bridgehead atoms. The largest absolute Gasteiger partial charge is 0.357 e. The van der Waals surface area contributed by atoms with E-state index in [1.807, 2.05) is 20.8 Å². The van der Waals surface area contributed by atoms with E-state index in [0.717, 1.165) is 43.9 Å². The Labute approximate surface area is 146 Å². The molecular weight excluding hydrogens is 326 g/mol. The minimum absolute atomic E-state index is 0.311. The van der Waals surface area contributed by atoms with E-state index in [1.54, 1.807) is 0 Å². The summed E-state index contributed by atoms with van der Waals surface area (Å²) >= 11 is 0. The number of hydrogen-bond acceptors (Lipinski definition) is 5. The van der Waals surface area contributed by atoms with E-state index in [9.17, 15) is 4.21 Å². The van der Waals surface area contributed by atoms with Gasteiger partial charge in [-0.25, -0.2) is 0 Å². The first-order valence-corrected chi connectivity index (χ1v) is 10.2. The highest BCUT2D eigenvalue weighted by Crippen LogP contribution is 2.22. The SMILES string of the molecule is CCNC(=NCCc1nc(C)no1)NC1CCCC(S(=O)CC)C1. The van der Waals surface area contributed by atoms with Crippen LogP contribution in [0.15, 0.2) is 9.52 Å². The highest BCUT2D eigenvalue weighted by molar-refractivity contribution is 7.85. The van der Waals surface area contributed by atoms with E-state index in [4.69, 9.17) is 4.52 Å². The lowest BCUT2D eigenvalue weighted by Crippen LogP contribution is -2.46. The van der Waals surface area contributed by atoms with Crippen molar-refractivity contribution in [3.8, 4) is 0 Å². The number of hydrogen-bond donors (Lipinski definition) is 2. The molecule has 1 fully saturated rings. The molecule has 1 aliphatic carbocycles. The summed E-state index contributed by atoms with van der Waals surface area (Å²) in [7, 11) is -0.709. The molecule has 3 atom stereocenters. The van der Waals surface area contributed by atoms with Crippen LogP contribution in [0.5, 0.6) is 0 Å². The van der Waals surface area contributed by atoms with Crippen molar-refractivity contribution in [3.05, 3.63) is 11.7 Å². The third-order valence-electron chi connectivity index (χ3n) is 4.13. The summed E-state index contributed by atoms with van der Waals surface area (Å²) in [5.41, 5.74) is 0.